The van der Waals surface area contributed by atoms with Crippen LogP contribution in [-0.2, 0) is 9.05 Å². The van der Waals surface area contributed by atoms with E-state index in [4.69, 9.17) is 23.3 Å². The van der Waals surface area contributed by atoms with Crippen molar-refractivity contribution in [2.45, 2.75) is 4.90 Å². The fourth-order valence-corrected chi connectivity index (χ4v) is 1.65. The molecule has 0 unspecified atom stereocenters. The number of benzene rings is 1. The fourth-order valence-electron chi connectivity index (χ4n) is 0.864. The lowest BCUT2D eigenvalue weighted by Crippen LogP contribution is -2.08. The van der Waals surface area contributed by atoms with E-state index in [1.807, 2.05) is 0 Å². The van der Waals surface area contributed by atoms with E-state index in [0.717, 1.165) is 0 Å². The van der Waals surface area contributed by atoms with Crippen molar-refractivity contribution in [3.63, 3.8) is 0 Å². The van der Waals surface area contributed by atoms with E-state index in [2.05, 4.69) is 0 Å². The molecule has 0 aliphatic rings. The molecule has 68 valence electrons. The SMILES string of the molecule is [B]c1cc(S(=O)(=O)Cl)ccc1OC. The summed E-state index contributed by atoms with van der Waals surface area (Å²) in [4.78, 5) is -0.0348. The van der Waals surface area contributed by atoms with Crippen LogP contribution in [0.1, 0.15) is 0 Å². The third-order valence-electron chi connectivity index (χ3n) is 1.48. The minimum Gasteiger partial charge on any atom is -0.497 e. The molecule has 0 aliphatic heterocycles. The van der Waals surface area contributed by atoms with Gasteiger partial charge >= 0.3 is 0 Å². The second-order valence-electron chi connectivity index (χ2n) is 2.34. The molecule has 0 N–H and O–H groups in total. The predicted octanol–water partition coefficient (Wildman–Crippen LogP) is 0.416. The number of hydrogen-bond donors (Lipinski definition) is 0. The molecular formula is C7H6BClO3S. The highest BCUT2D eigenvalue weighted by Crippen LogP contribution is 2.16. The van der Waals surface area contributed by atoms with Crippen LogP contribution in [0.3, 0.4) is 0 Å². The molecule has 1 aromatic carbocycles. The third-order valence-corrected chi connectivity index (χ3v) is 2.83. The van der Waals surface area contributed by atoms with Crippen molar-refractivity contribution in [1.82, 2.24) is 0 Å². The molecule has 1 aromatic rings. The first-order valence-corrected chi connectivity index (χ1v) is 5.64. The highest BCUT2D eigenvalue weighted by molar-refractivity contribution is 8.13. The van der Waals surface area contributed by atoms with Crippen molar-refractivity contribution in [2.24, 2.45) is 0 Å². The van der Waals surface area contributed by atoms with Crippen LogP contribution >= 0.6 is 10.7 Å². The van der Waals surface area contributed by atoms with Crippen molar-refractivity contribution in [3.05, 3.63) is 18.2 Å². The van der Waals surface area contributed by atoms with Gasteiger partial charge in [-0.3, -0.25) is 0 Å². The Morgan fingerprint density at radius 1 is 1.46 bits per heavy atom. The molecule has 0 bridgehead atoms. The van der Waals surface area contributed by atoms with Gasteiger partial charge in [0.15, 0.2) is 0 Å². The lowest BCUT2D eigenvalue weighted by Gasteiger charge is -2.05. The normalized spacial score (nSPS) is 11.2. The topological polar surface area (TPSA) is 43.4 Å². The van der Waals surface area contributed by atoms with Gasteiger partial charge in [-0.25, -0.2) is 8.42 Å². The first-order chi connectivity index (χ1) is 5.95. The Kier molecular flexibility index (Phi) is 2.88. The predicted molar refractivity (Wildman–Crippen MR) is 51.4 cm³/mol. The van der Waals surface area contributed by atoms with Crippen molar-refractivity contribution in [3.8, 4) is 5.75 Å². The maximum atomic E-state index is 10.9. The van der Waals surface area contributed by atoms with Crippen LogP contribution in [0, 0.1) is 0 Å². The quantitative estimate of drug-likeness (QED) is 0.531. The Balaban J connectivity index is 3.26. The van der Waals surface area contributed by atoms with Crippen LogP contribution in [0.5, 0.6) is 5.75 Å². The smallest absolute Gasteiger partial charge is 0.261 e. The Morgan fingerprint density at radius 3 is 2.46 bits per heavy atom. The van der Waals surface area contributed by atoms with Gasteiger partial charge in [-0.05, 0) is 18.2 Å². The van der Waals surface area contributed by atoms with Crippen LogP contribution in [0.25, 0.3) is 0 Å². The van der Waals surface area contributed by atoms with E-state index in [1.54, 1.807) is 0 Å². The molecule has 3 nitrogen and oxygen atoms in total. The zero-order valence-electron chi connectivity index (χ0n) is 6.82. The molecule has 0 amide bonds. The Morgan fingerprint density at radius 2 is 2.08 bits per heavy atom. The van der Waals surface area contributed by atoms with Crippen molar-refractivity contribution >= 4 is 33.0 Å². The standard InChI is InChI=1S/C7H6BClO3S/c1-12-7-3-2-5(4-6(7)8)13(9,10)11/h2-4H,1H3. The summed E-state index contributed by atoms with van der Waals surface area (Å²) in [7, 11) is 8.31. The van der Waals surface area contributed by atoms with Gasteiger partial charge in [0.25, 0.3) is 9.05 Å². The molecule has 0 fully saturated rings. The molecule has 0 heterocycles. The van der Waals surface area contributed by atoms with E-state index in [0.29, 0.717) is 5.75 Å². The van der Waals surface area contributed by atoms with Crippen molar-refractivity contribution < 1.29 is 13.2 Å². The molecule has 0 spiro atoms. The van der Waals surface area contributed by atoms with Crippen LogP contribution in [0.15, 0.2) is 23.1 Å². The molecule has 0 saturated heterocycles. The minimum atomic E-state index is -3.71. The molecule has 2 radical (unpaired) electrons. The average Bonchev–Trinajstić information content (AvgIpc) is 2.02. The second-order valence-corrected chi connectivity index (χ2v) is 4.91. The summed E-state index contributed by atoms with van der Waals surface area (Å²) in [5.74, 6) is 0.420. The molecule has 0 atom stereocenters. The molecule has 6 heteroatoms. The molecule has 0 aromatic heterocycles. The number of rotatable bonds is 2. The van der Waals surface area contributed by atoms with Crippen LogP contribution in [-0.4, -0.2) is 23.4 Å². The van der Waals surface area contributed by atoms with E-state index in [-0.39, 0.29) is 10.4 Å². The first-order valence-electron chi connectivity index (χ1n) is 3.33. The van der Waals surface area contributed by atoms with E-state index >= 15 is 0 Å². The van der Waals surface area contributed by atoms with Gasteiger partial charge in [0.05, 0.1) is 12.0 Å². The lowest BCUT2D eigenvalue weighted by atomic mass is 9.95. The molecule has 13 heavy (non-hydrogen) atoms. The second kappa shape index (κ2) is 3.60. The highest BCUT2D eigenvalue weighted by atomic mass is 35.7. The third kappa shape index (κ3) is 2.38. The zero-order chi connectivity index (χ0) is 10.1. The van der Waals surface area contributed by atoms with Gasteiger partial charge in [0.1, 0.15) is 13.6 Å². The van der Waals surface area contributed by atoms with Crippen molar-refractivity contribution in [1.29, 1.82) is 0 Å². The molecule has 1 rings (SSSR count). The van der Waals surface area contributed by atoms with Crippen molar-refractivity contribution in [2.75, 3.05) is 7.11 Å². The Hall–Kier alpha value is -0.675. The Bertz CT molecular complexity index is 416. The number of methoxy groups -OCH3 is 1. The summed E-state index contributed by atoms with van der Waals surface area (Å²) >= 11 is 0. The number of halogens is 1. The van der Waals surface area contributed by atoms with Crippen LogP contribution in [0.4, 0.5) is 0 Å². The zero-order valence-corrected chi connectivity index (χ0v) is 8.39. The minimum absolute atomic E-state index is 0.0348. The summed E-state index contributed by atoms with van der Waals surface area (Å²) in [6, 6.07) is 4.03. The van der Waals surface area contributed by atoms with Gasteiger partial charge in [-0.2, -0.15) is 0 Å². The van der Waals surface area contributed by atoms with Gasteiger partial charge in [0.2, 0.25) is 0 Å². The maximum absolute atomic E-state index is 10.9. The van der Waals surface area contributed by atoms with E-state index in [9.17, 15) is 8.42 Å². The first kappa shape index (κ1) is 10.4. The number of hydrogen-bond acceptors (Lipinski definition) is 3. The molecule has 0 saturated carbocycles. The lowest BCUT2D eigenvalue weighted by molar-refractivity contribution is 0.418. The molecule has 0 aliphatic carbocycles. The maximum Gasteiger partial charge on any atom is 0.261 e. The highest BCUT2D eigenvalue weighted by Gasteiger charge is 2.10. The summed E-state index contributed by atoms with van der Waals surface area (Å²) in [5, 5.41) is 0. The van der Waals surface area contributed by atoms with E-state index in [1.165, 1.54) is 25.3 Å². The summed E-state index contributed by atoms with van der Waals surface area (Å²) in [6.45, 7) is 0. The fraction of sp³-hybridized carbons (Fsp3) is 0.143. The van der Waals surface area contributed by atoms with Crippen LogP contribution in [0.2, 0.25) is 0 Å². The van der Waals surface area contributed by atoms with Gasteiger partial charge < -0.3 is 4.74 Å². The summed E-state index contributed by atoms with van der Waals surface area (Å²) in [5.41, 5.74) is 0.240. The average molecular weight is 216 g/mol. The molecular weight excluding hydrogens is 210 g/mol. The van der Waals surface area contributed by atoms with Gasteiger partial charge in [-0.1, -0.05) is 5.46 Å². The summed E-state index contributed by atoms with van der Waals surface area (Å²) in [6.07, 6.45) is 0. The summed E-state index contributed by atoms with van der Waals surface area (Å²) < 4.78 is 26.6. The van der Waals surface area contributed by atoms with Gasteiger partial charge in [0, 0.05) is 10.7 Å². The Labute approximate surface area is 82.5 Å². The number of ether oxygens (including phenoxy) is 1. The monoisotopic (exact) mass is 216 g/mol. The largest absolute Gasteiger partial charge is 0.497 e. The van der Waals surface area contributed by atoms with Gasteiger partial charge in [-0.15, -0.1) is 0 Å². The van der Waals surface area contributed by atoms with Crippen LogP contribution < -0.4 is 10.2 Å². The van der Waals surface area contributed by atoms with E-state index < -0.39 is 9.05 Å².